The molecule has 6 nitrogen and oxygen atoms in total. The maximum absolute atomic E-state index is 12.5. The first-order valence-electron chi connectivity index (χ1n) is 9.42. The van der Waals surface area contributed by atoms with Gasteiger partial charge >= 0.3 is 0 Å². The summed E-state index contributed by atoms with van der Waals surface area (Å²) in [5.41, 5.74) is 2.99. The van der Waals surface area contributed by atoms with Gasteiger partial charge in [0, 0.05) is 49.0 Å². The van der Waals surface area contributed by atoms with Crippen LogP contribution in [0.5, 0.6) is 5.75 Å². The highest BCUT2D eigenvalue weighted by Crippen LogP contribution is 2.27. The topological polar surface area (TPSA) is 61.9 Å². The van der Waals surface area contributed by atoms with Crippen LogP contribution in [0.15, 0.2) is 42.5 Å². The molecule has 2 aromatic carbocycles. The Morgan fingerprint density at radius 2 is 1.79 bits per heavy atom. The normalized spacial score (nSPS) is 16.4. The van der Waals surface area contributed by atoms with Gasteiger partial charge in [-0.2, -0.15) is 0 Å². The van der Waals surface area contributed by atoms with Crippen LogP contribution in [0.25, 0.3) is 0 Å². The molecule has 2 amide bonds. The number of rotatable bonds is 4. The maximum Gasteiger partial charge on any atom is 0.260 e. The molecular formula is C21H22ClN3O3. The summed E-state index contributed by atoms with van der Waals surface area (Å²) in [4.78, 5) is 28.0. The Labute approximate surface area is 169 Å². The lowest BCUT2D eigenvalue weighted by Gasteiger charge is -2.36. The lowest BCUT2D eigenvalue weighted by atomic mass is 10.0. The number of anilines is 2. The van der Waals surface area contributed by atoms with Crippen molar-refractivity contribution in [1.82, 2.24) is 4.90 Å². The Balaban J connectivity index is 1.28. The van der Waals surface area contributed by atoms with Crippen molar-refractivity contribution in [2.24, 2.45) is 0 Å². The largest absolute Gasteiger partial charge is 0.484 e. The Morgan fingerprint density at radius 3 is 2.54 bits per heavy atom. The molecule has 7 heteroatoms. The number of halogens is 1. The summed E-state index contributed by atoms with van der Waals surface area (Å²) < 4.78 is 5.71. The van der Waals surface area contributed by atoms with Gasteiger partial charge in [0.05, 0.1) is 0 Å². The van der Waals surface area contributed by atoms with Gasteiger partial charge in [-0.15, -0.1) is 0 Å². The molecule has 0 aliphatic carbocycles. The van der Waals surface area contributed by atoms with Gasteiger partial charge in [0.2, 0.25) is 5.91 Å². The molecule has 28 heavy (non-hydrogen) atoms. The summed E-state index contributed by atoms with van der Waals surface area (Å²) >= 11 is 5.94. The zero-order valence-electron chi connectivity index (χ0n) is 15.5. The van der Waals surface area contributed by atoms with E-state index in [1.165, 1.54) is 0 Å². The minimum absolute atomic E-state index is 0.0122. The molecule has 0 saturated carbocycles. The van der Waals surface area contributed by atoms with Crippen molar-refractivity contribution in [3.8, 4) is 5.75 Å². The number of piperazine rings is 1. The third-order valence-corrected chi connectivity index (χ3v) is 5.41. The van der Waals surface area contributed by atoms with E-state index in [1.54, 1.807) is 6.07 Å². The number of hydrogen-bond donors (Lipinski definition) is 1. The second-order valence-corrected chi connectivity index (χ2v) is 7.44. The number of amides is 2. The summed E-state index contributed by atoms with van der Waals surface area (Å²) in [6.07, 6.45) is 1.17. The summed E-state index contributed by atoms with van der Waals surface area (Å²) in [5, 5.41) is 3.56. The molecule has 0 spiro atoms. The van der Waals surface area contributed by atoms with Crippen molar-refractivity contribution < 1.29 is 14.3 Å². The highest BCUT2D eigenvalue weighted by molar-refractivity contribution is 6.30. The third-order valence-electron chi connectivity index (χ3n) is 5.16. The van der Waals surface area contributed by atoms with Crippen molar-refractivity contribution in [1.29, 1.82) is 0 Å². The van der Waals surface area contributed by atoms with E-state index in [-0.39, 0.29) is 18.4 Å². The summed E-state index contributed by atoms with van der Waals surface area (Å²) in [6, 6.07) is 13.3. The number of carbonyl (C=O) groups excluding carboxylic acids is 2. The van der Waals surface area contributed by atoms with Gasteiger partial charge in [-0.3, -0.25) is 9.59 Å². The van der Waals surface area contributed by atoms with Crippen molar-refractivity contribution in [3.05, 3.63) is 53.1 Å². The highest BCUT2D eigenvalue weighted by atomic mass is 35.5. The number of ether oxygens (including phenoxy) is 1. The third kappa shape index (κ3) is 4.22. The fourth-order valence-electron chi connectivity index (χ4n) is 3.55. The maximum atomic E-state index is 12.5. The zero-order chi connectivity index (χ0) is 19.5. The fraction of sp³-hybridized carbons (Fsp3) is 0.333. The fourth-order valence-corrected chi connectivity index (χ4v) is 3.68. The van der Waals surface area contributed by atoms with E-state index in [1.807, 2.05) is 41.3 Å². The van der Waals surface area contributed by atoms with Crippen LogP contribution < -0.4 is 15.0 Å². The number of aryl methyl sites for hydroxylation is 1. The van der Waals surface area contributed by atoms with Gasteiger partial charge < -0.3 is 19.9 Å². The van der Waals surface area contributed by atoms with Crippen molar-refractivity contribution in [2.75, 3.05) is 43.0 Å². The standard InChI is InChI=1S/C21H22ClN3O3/c22-16-2-4-17(5-3-16)24-9-11-25(12-10-24)21(27)14-28-18-6-7-19-15(13-18)1-8-20(26)23-19/h2-7,13H,1,8-12,14H2,(H,23,26). The molecular weight excluding hydrogens is 378 g/mol. The summed E-state index contributed by atoms with van der Waals surface area (Å²) in [5.74, 6) is 0.680. The monoisotopic (exact) mass is 399 g/mol. The zero-order valence-corrected chi connectivity index (χ0v) is 16.2. The lowest BCUT2D eigenvalue weighted by molar-refractivity contribution is -0.133. The van der Waals surface area contributed by atoms with E-state index in [9.17, 15) is 9.59 Å². The smallest absolute Gasteiger partial charge is 0.260 e. The number of nitrogens with one attached hydrogen (secondary N) is 1. The molecule has 0 radical (unpaired) electrons. The second kappa shape index (κ2) is 8.10. The van der Waals surface area contributed by atoms with Crippen LogP contribution in [0, 0.1) is 0 Å². The number of carbonyl (C=O) groups is 2. The number of fused-ring (bicyclic) bond motifs is 1. The van der Waals surface area contributed by atoms with Gasteiger partial charge in [-0.05, 0) is 54.4 Å². The molecule has 2 aliphatic rings. The van der Waals surface area contributed by atoms with E-state index in [2.05, 4.69) is 10.2 Å². The van der Waals surface area contributed by atoms with Crippen molar-refractivity contribution >= 4 is 34.8 Å². The van der Waals surface area contributed by atoms with E-state index in [0.29, 0.717) is 31.7 Å². The van der Waals surface area contributed by atoms with E-state index >= 15 is 0 Å². The first kappa shape index (κ1) is 18.6. The molecule has 2 aliphatic heterocycles. The Bertz CT molecular complexity index is 877. The highest BCUT2D eigenvalue weighted by Gasteiger charge is 2.22. The predicted molar refractivity (Wildman–Crippen MR) is 109 cm³/mol. The molecule has 4 rings (SSSR count). The average molecular weight is 400 g/mol. The molecule has 2 aromatic rings. The molecule has 2 heterocycles. The Morgan fingerprint density at radius 1 is 1.04 bits per heavy atom. The van der Waals surface area contributed by atoms with Crippen molar-refractivity contribution in [2.45, 2.75) is 12.8 Å². The molecule has 0 atom stereocenters. The quantitative estimate of drug-likeness (QED) is 0.858. The van der Waals surface area contributed by atoms with Crippen LogP contribution in [0.1, 0.15) is 12.0 Å². The average Bonchev–Trinajstić information content (AvgIpc) is 2.72. The van der Waals surface area contributed by atoms with Crippen LogP contribution >= 0.6 is 11.6 Å². The summed E-state index contributed by atoms with van der Waals surface area (Å²) in [7, 11) is 0. The molecule has 0 bridgehead atoms. The molecule has 1 fully saturated rings. The minimum atomic E-state index is -0.0122. The van der Waals surface area contributed by atoms with Crippen LogP contribution in [-0.2, 0) is 16.0 Å². The van der Waals surface area contributed by atoms with Crippen LogP contribution in [0.3, 0.4) is 0 Å². The number of benzene rings is 2. The van der Waals surface area contributed by atoms with Gasteiger partial charge in [0.1, 0.15) is 5.75 Å². The van der Waals surface area contributed by atoms with Gasteiger partial charge in [0.15, 0.2) is 6.61 Å². The molecule has 1 N–H and O–H groups in total. The van der Waals surface area contributed by atoms with E-state index in [0.717, 1.165) is 35.1 Å². The molecule has 0 unspecified atom stereocenters. The number of nitrogens with zero attached hydrogens (tertiary/aromatic N) is 2. The predicted octanol–water partition coefficient (Wildman–Crippen LogP) is 2.95. The first-order chi connectivity index (χ1) is 13.6. The Hall–Kier alpha value is -2.73. The van der Waals surface area contributed by atoms with Crippen LogP contribution in [-0.4, -0.2) is 49.5 Å². The van der Waals surface area contributed by atoms with Gasteiger partial charge in [0.25, 0.3) is 5.91 Å². The lowest BCUT2D eigenvalue weighted by Crippen LogP contribution is -2.50. The SMILES string of the molecule is O=C1CCc2cc(OCC(=O)N3CCN(c4ccc(Cl)cc4)CC3)ccc2N1. The minimum Gasteiger partial charge on any atom is -0.484 e. The molecule has 146 valence electrons. The Kier molecular flexibility index (Phi) is 5.39. The summed E-state index contributed by atoms with van der Waals surface area (Å²) in [6.45, 7) is 2.92. The number of hydrogen-bond acceptors (Lipinski definition) is 4. The van der Waals surface area contributed by atoms with Crippen molar-refractivity contribution in [3.63, 3.8) is 0 Å². The molecule has 0 aromatic heterocycles. The van der Waals surface area contributed by atoms with E-state index < -0.39 is 0 Å². The van der Waals surface area contributed by atoms with Gasteiger partial charge in [-0.25, -0.2) is 0 Å². The van der Waals surface area contributed by atoms with Gasteiger partial charge in [-0.1, -0.05) is 11.6 Å². The van der Waals surface area contributed by atoms with Crippen LogP contribution in [0.2, 0.25) is 5.02 Å². The molecule has 1 saturated heterocycles. The van der Waals surface area contributed by atoms with Crippen LogP contribution in [0.4, 0.5) is 11.4 Å². The van der Waals surface area contributed by atoms with E-state index in [4.69, 9.17) is 16.3 Å². The second-order valence-electron chi connectivity index (χ2n) is 7.00. The first-order valence-corrected chi connectivity index (χ1v) is 9.80.